The fraction of sp³-hybridized carbons (Fsp3) is 0.826. The van der Waals surface area contributed by atoms with Crippen molar-refractivity contribution in [2.75, 3.05) is 6.67 Å². The summed E-state index contributed by atoms with van der Waals surface area (Å²) in [4.78, 5) is 24.4. The third-order valence-electron chi connectivity index (χ3n) is 9.14. The van der Waals surface area contributed by atoms with Gasteiger partial charge in [0.15, 0.2) is 11.6 Å². The maximum Gasteiger partial charge on any atom is 0.167 e. The van der Waals surface area contributed by atoms with Crippen LogP contribution in [-0.2, 0) is 9.59 Å². The zero-order valence-corrected chi connectivity index (χ0v) is 16.5. The van der Waals surface area contributed by atoms with Crippen LogP contribution >= 0.6 is 0 Å². The lowest BCUT2D eigenvalue weighted by Gasteiger charge is -2.58. The molecule has 2 nitrogen and oxygen atoms in total. The zero-order chi connectivity index (χ0) is 18.7. The lowest BCUT2D eigenvalue weighted by molar-refractivity contribution is -0.132. The second-order valence-electron chi connectivity index (χ2n) is 10.00. The third kappa shape index (κ3) is 2.41. The number of carbonyl (C=O) groups is 2. The lowest BCUT2D eigenvalue weighted by atomic mass is 9.46. The highest BCUT2D eigenvalue weighted by Crippen LogP contribution is 2.68. The molecule has 144 valence electrons. The number of Topliss-reactive ketones (excluding diaryl/α,β-unsaturated/α-hetero) is 1. The van der Waals surface area contributed by atoms with Crippen LogP contribution in [-0.4, -0.2) is 18.2 Å². The first-order chi connectivity index (χ1) is 12.3. The summed E-state index contributed by atoms with van der Waals surface area (Å²) in [6, 6.07) is 0. The number of ketones is 2. The molecule has 0 aliphatic heterocycles. The minimum absolute atomic E-state index is 0.0208. The Bertz CT molecular complexity index is 653. The van der Waals surface area contributed by atoms with Gasteiger partial charge in [-0.2, -0.15) is 0 Å². The summed E-state index contributed by atoms with van der Waals surface area (Å²) in [6.07, 6.45) is 10.1. The molecule has 0 amide bonds. The summed E-state index contributed by atoms with van der Waals surface area (Å²) in [7, 11) is 0. The molecule has 0 radical (unpaired) electrons. The maximum absolute atomic E-state index is 13.3. The molecule has 0 heterocycles. The first kappa shape index (κ1) is 18.4. The minimum Gasteiger partial charge on any atom is -0.296 e. The van der Waals surface area contributed by atoms with Crippen molar-refractivity contribution in [1.29, 1.82) is 0 Å². The molecule has 0 spiro atoms. The van der Waals surface area contributed by atoms with Gasteiger partial charge in [0.1, 0.15) is 6.67 Å². The minimum atomic E-state index is -0.801. The number of fused-ring (bicyclic) bond motifs is 5. The molecule has 4 aliphatic carbocycles. The number of hydrogen-bond donors (Lipinski definition) is 0. The monoisotopic (exact) mass is 359 g/mol. The number of alkyl halides is 1. The van der Waals surface area contributed by atoms with E-state index >= 15 is 0 Å². The molecule has 3 heteroatoms. The van der Waals surface area contributed by atoms with E-state index in [9.17, 15) is 14.0 Å². The molecule has 4 unspecified atom stereocenters. The Labute approximate surface area is 157 Å². The molecular formula is C23H33FO2. The van der Waals surface area contributed by atoms with E-state index in [1.165, 1.54) is 5.57 Å². The third-order valence-corrected chi connectivity index (χ3v) is 9.14. The molecule has 3 saturated carbocycles. The van der Waals surface area contributed by atoms with Crippen LogP contribution in [0.25, 0.3) is 0 Å². The van der Waals surface area contributed by atoms with Gasteiger partial charge in [0.05, 0.1) is 0 Å². The van der Waals surface area contributed by atoms with Crippen molar-refractivity contribution in [2.24, 2.45) is 40.4 Å². The highest BCUT2D eigenvalue weighted by atomic mass is 18.2. The van der Waals surface area contributed by atoms with Crippen molar-refractivity contribution in [1.82, 2.24) is 0 Å². The summed E-state index contributed by atoms with van der Waals surface area (Å²) in [6.45, 7) is 6.04. The predicted octanol–water partition coefficient (Wildman–Crippen LogP) is 5.31. The van der Waals surface area contributed by atoms with Crippen molar-refractivity contribution in [2.45, 2.75) is 72.1 Å². The SMILES string of the molecule is CC[C@@H]1CC2C3CCC4=CC(=O)CC[C@]4(C)C3CC[C@]2(C)C1C(=O)C[18F]. The largest absolute Gasteiger partial charge is 0.296 e. The van der Waals surface area contributed by atoms with Gasteiger partial charge in [-0.3, -0.25) is 9.59 Å². The smallest absolute Gasteiger partial charge is 0.167 e. The molecular weight excluding hydrogens is 326 g/mol. The molecule has 4 aliphatic rings. The summed E-state index contributed by atoms with van der Waals surface area (Å²) in [5.74, 6) is 2.23. The molecule has 26 heavy (non-hydrogen) atoms. The van der Waals surface area contributed by atoms with Crippen molar-refractivity contribution in [3.8, 4) is 0 Å². The lowest BCUT2D eigenvalue weighted by Crippen LogP contribution is -2.51. The number of hydrogen-bond acceptors (Lipinski definition) is 2. The fourth-order valence-electron chi connectivity index (χ4n) is 7.85. The van der Waals surface area contributed by atoms with Gasteiger partial charge in [0.25, 0.3) is 0 Å². The first-order valence-electron chi connectivity index (χ1n) is 10.7. The second kappa shape index (κ2) is 6.27. The molecule has 0 aromatic carbocycles. The van der Waals surface area contributed by atoms with Crippen molar-refractivity contribution in [3.05, 3.63) is 11.6 Å². The van der Waals surface area contributed by atoms with E-state index < -0.39 is 6.67 Å². The average Bonchev–Trinajstić information content (AvgIpc) is 2.94. The fourth-order valence-corrected chi connectivity index (χ4v) is 7.85. The van der Waals surface area contributed by atoms with Crippen LogP contribution in [0.4, 0.5) is 4.39 Å². The van der Waals surface area contributed by atoms with Gasteiger partial charge >= 0.3 is 0 Å². The topological polar surface area (TPSA) is 34.1 Å². The summed E-state index contributed by atoms with van der Waals surface area (Å²) < 4.78 is 13.3. The molecule has 0 bridgehead atoms. The van der Waals surface area contributed by atoms with Crippen LogP contribution in [0.3, 0.4) is 0 Å². The van der Waals surface area contributed by atoms with Gasteiger partial charge < -0.3 is 0 Å². The van der Waals surface area contributed by atoms with Gasteiger partial charge in [-0.05, 0) is 79.1 Å². The van der Waals surface area contributed by atoms with Gasteiger partial charge in [-0.15, -0.1) is 0 Å². The molecule has 0 saturated heterocycles. The van der Waals surface area contributed by atoms with Gasteiger partial charge in [-0.25, -0.2) is 4.39 Å². The summed E-state index contributed by atoms with van der Waals surface area (Å²) in [5.41, 5.74) is 1.54. The van der Waals surface area contributed by atoms with E-state index in [0.717, 1.165) is 44.9 Å². The van der Waals surface area contributed by atoms with E-state index in [2.05, 4.69) is 20.8 Å². The van der Waals surface area contributed by atoms with Gasteiger partial charge in [0, 0.05) is 12.3 Å². The van der Waals surface area contributed by atoms with Crippen LogP contribution in [0.1, 0.15) is 72.1 Å². The summed E-state index contributed by atoms with van der Waals surface area (Å²) in [5, 5.41) is 0. The van der Waals surface area contributed by atoms with Crippen LogP contribution in [0.2, 0.25) is 0 Å². The van der Waals surface area contributed by atoms with Crippen molar-refractivity contribution < 1.29 is 14.0 Å². The van der Waals surface area contributed by atoms with E-state index in [4.69, 9.17) is 0 Å². The van der Waals surface area contributed by atoms with Crippen molar-refractivity contribution >= 4 is 11.6 Å². The summed E-state index contributed by atoms with van der Waals surface area (Å²) >= 11 is 0. The molecule has 0 N–H and O–H groups in total. The standard InChI is InChI=1S/C23H33FO2/c1-4-14-11-19-17-6-5-15-12-16(25)7-9-22(15,2)18(17)8-10-23(19,3)21(14)20(26)13-24/h12,14,17-19,21H,4-11,13H2,1-3H3/t14-,17?,18?,19?,21?,22+,23+/m1/s1/i24-1. The normalized spacial score (nSPS) is 47.6. The Balaban J connectivity index is 1.68. The molecule has 7 atom stereocenters. The van der Waals surface area contributed by atoms with Crippen LogP contribution < -0.4 is 0 Å². The number of allylic oxidation sites excluding steroid dienone is 1. The highest BCUT2D eigenvalue weighted by Gasteiger charge is 2.62. The second-order valence-corrected chi connectivity index (χ2v) is 10.00. The van der Waals surface area contributed by atoms with Crippen molar-refractivity contribution in [3.63, 3.8) is 0 Å². The van der Waals surface area contributed by atoms with Crippen LogP contribution in [0.5, 0.6) is 0 Å². The Morgan fingerprint density at radius 3 is 2.65 bits per heavy atom. The van der Waals surface area contributed by atoms with E-state index in [-0.39, 0.29) is 22.5 Å². The average molecular weight is 360 g/mol. The zero-order valence-electron chi connectivity index (χ0n) is 16.5. The molecule has 0 aromatic heterocycles. The van der Waals surface area contributed by atoms with E-state index in [0.29, 0.717) is 35.9 Å². The molecule has 3 fully saturated rings. The Hall–Kier alpha value is -0.990. The van der Waals surface area contributed by atoms with Crippen LogP contribution in [0, 0.1) is 40.4 Å². The predicted molar refractivity (Wildman–Crippen MR) is 100 cm³/mol. The highest BCUT2D eigenvalue weighted by molar-refractivity contribution is 5.91. The van der Waals surface area contributed by atoms with E-state index in [1.54, 1.807) is 0 Å². The number of rotatable bonds is 3. The molecule has 4 rings (SSSR count). The van der Waals surface area contributed by atoms with Gasteiger partial charge in [0.2, 0.25) is 0 Å². The van der Waals surface area contributed by atoms with Crippen LogP contribution in [0.15, 0.2) is 11.6 Å². The Morgan fingerprint density at radius 2 is 1.96 bits per heavy atom. The Kier molecular flexibility index (Phi) is 4.44. The van der Waals surface area contributed by atoms with Gasteiger partial charge in [-0.1, -0.05) is 32.8 Å². The molecule has 0 aromatic rings. The number of halogens is 1. The maximum atomic E-state index is 13.3. The number of carbonyl (C=O) groups excluding carboxylic acids is 2. The van der Waals surface area contributed by atoms with E-state index in [1.807, 2.05) is 6.08 Å². The first-order valence-corrected chi connectivity index (χ1v) is 10.7. The quantitative estimate of drug-likeness (QED) is 0.684. The Morgan fingerprint density at radius 1 is 1.19 bits per heavy atom.